The Morgan fingerprint density at radius 2 is 1.76 bits per heavy atom. The second-order valence-corrected chi connectivity index (χ2v) is 10.3. The molecule has 172 valence electrons. The Bertz CT molecular complexity index is 1200. The van der Waals surface area contributed by atoms with Gasteiger partial charge < -0.3 is 21.5 Å². The van der Waals surface area contributed by atoms with E-state index >= 15 is 0 Å². The largest absolute Gasteiger partial charge is 0.399 e. The molecule has 7 nitrogen and oxygen atoms in total. The zero-order valence-electron chi connectivity index (χ0n) is 18.7. The van der Waals surface area contributed by atoms with E-state index in [0.717, 1.165) is 34.2 Å². The van der Waals surface area contributed by atoms with Gasteiger partial charge in [-0.05, 0) is 43.5 Å². The SMILES string of the molecule is CC(C)(CO)Nc1nc(SCc2ccccc2)nc2nc(NCCc3ccc(N)cc3)sc12. The molecule has 0 amide bonds. The molecule has 4 aromatic rings. The van der Waals surface area contributed by atoms with E-state index in [2.05, 4.69) is 22.8 Å². The molecule has 2 aromatic heterocycles. The molecular weight excluding hydrogens is 452 g/mol. The second-order valence-electron chi connectivity index (χ2n) is 8.39. The fraction of sp³-hybridized carbons (Fsp3) is 0.292. The predicted octanol–water partition coefficient (Wildman–Crippen LogP) is 4.80. The molecular formula is C24H28N6OS2. The van der Waals surface area contributed by atoms with E-state index in [-0.39, 0.29) is 6.61 Å². The predicted molar refractivity (Wildman–Crippen MR) is 139 cm³/mol. The third-order valence-electron chi connectivity index (χ3n) is 4.97. The number of nitrogens with zero attached hydrogens (tertiary/aromatic N) is 3. The minimum atomic E-state index is -0.518. The first-order chi connectivity index (χ1) is 15.9. The number of hydrogen-bond donors (Lipinski definition) is 4. The summed E-state index contributed by atoms with van der Waals surface area (Å²) in [4.78, 5) is 14.2. The quantitative estimate of drug-likeness (QED) is 0.146. The highest BCUT2D eigenvalue weighted by Gasteiger charge is 2.21. The maximum atomic E-state index is 9.75. The second kappa shape index (κ2) is 10.4. The highest BCUT2D eigenvalue weighted by Crippen LogP contribution is 2.34. The summed E-state index contributed by atoms with van der Waals surface area (Å²) < 4.78 is 0.871. The average molecular weight is 481 g/mol. The van der Waals surface area contributed by atoms with Crippen molar-refractivity contribution in [3.8, 4) is 0 Å². The van der Waals surface area contributed by atoms with Crippen molar-refractivity contribution < 1.29 is 5.11 Å². The molecule has 0 unspecified atom stereocenters. The summed E-state index contributed by atoms with van der Waals surface area (Å²) in [6.45, 7) is 4.60. The van der Waals surface area contributed by atoms with Gasteiger partial charge in [0, 0.05) is 18.0 Å². The highest BCUT2D eigenvalue weighted by molar-refractivity contribution is 7.98. The lowest BCUT2D eigenvalue weighted by Gasteiger charge is -2.24. The van der Waals surface area contributed by atoms with Crippen LogP contribution < -0.4 is 16.4 Å². The van der Waals surface area contributed by atoms with Gasteiger partial charge in [-0.2, -0.15) is 4.98 Å². The Morgan fingerprint density at radius 1 is 1.00 bits per heavy atom. The monoisotopic (exact) mass is 480 g/mol. The van der Waals surface area contributed by atoms with Crippen LogP contribution in [0.25, 0.3) is 10.3 Å². The lowest BCUT2D eigenvalue weighted by atomic mass is 10.1. The standard InChI is InChI=1S/C24H28N6OS2/c1-24(2,15-31)30-21-19-20(28-23(29-21)32-14-17-6-4-3-5-7-17)27-22(33-19)26-13-12-16-8-10-18(25)11-9-16/h3-11,31H,12-15,25H2,1-2H3,(H2,26,27,28,29,30). The van der Waals surface area contributed by atoms with Gasteiger partial charge in [0.05, 0.1) is 12.1 Å². The van der Waals surface area contributed by atoms with Gasteiger partial charge in [0.1, 0.15) is 4.70 Å². The number of thioether (sulfide) groups is 1. The van der Waals surface area contributed by atoms with Gasteiger partial charge in [0.25, 0.3) is 0 Å². The Hall–Kier alpha value is -2.88. The van der Waals surface area contributed by atoms with Gasteiger partial charge in [0.15, 0.2) is 21.8 Å². The molecule has 0 saturated heterocycles. The summed E-state index contributed by atoms with van der Waals surface area (Å²) in [6, 6.07) is 18.1. The summed E-state index contributed by atoms with van der Waals surface area (Å²) in [5.41, 5.74) is 9.08. The first-order valence-electron chi connectivity index (χ1n) is 10.7. The molecule has 0 bridgehead atoms. The maximum absolute atomic E-state index is 9.75. The Labute approximate surface area is 201 Å². The van der Waals surface area contributed by atoms with Gasteiger partial charge in [-0.15, -0.1) is 0 Å². The number of fused-ring (bicyclic) bond motifs is 1. The van der Waals surface area contributed by atoms with E-state index in [1.54, 1.807) is 11.8 Å². The number of nitrogen functional groups attached to an aromatic ring is 1. The number of benzene rings is 2. The van der Waals surface area contributed by atoms with Crippen LogP contribution in [0.1, 0.15) is 25.0 Å². The molecule has 0 saturated carbocycles. The molecule has 5 N–H and O–H groups in total. The summed E-state index contributed by atoms with van der Waals surface area (Å²) in [7, 11) is 0. The minimum absolute atomic E-state index is 0.0174. The number of thiazole rings is 1. The van der Waals surface area contributed by atoms with Crippen LogP contribution in [-0.4, -0.2) is 38.7 Å². The lowest BCUT2D eigenvalue weighted by molar-refractivity contribution is 0.234. The molecule has 0 radical (unpaired) electrons. The van der Waals surface area contributed by atoms with E-state index in [1.807, 2.05) is 56.3 Å². The molecule has 0 aliphatic rings. The molecule has 9 heteroatoms. The van der Waals surface area contributed by atoms with E-state index in [4.69, 9.17) is 20.7 Å². The zero-order valence-corrected chi connectivity index (χ0v) is 20.3. The van der Waals surface area contributed by atoms with Crippen molar-refractivity contribution in [2.24, 2.45) is 0 Å². The molecule has 0 aliphatic carbocycles. The highest BCUT2D eigenvalue weighted by atomic mass is 32.2. The molecule has 4 rings (SSSR count). The van der Waals surface area contributed by atoms with E-state index in [1.165, 1.54) is 22.5 Å². The first-order valence-corrected chi connectivity index (χ1v) is 12.5. The summed E-state index contributed by atoms with van der Waals surface area (Å²) in [6.07, 6.45) is 0.864. The molecule has 0 aliphatic heterocycles. The summed E-state index contributed by atoms with van der Waals surface area (Å²) in [5, 5.41) is 18.0. The van der Waals surface area contributed by atoms with Crippen LogP contribution in [-0.2, 0) is 12.2 Å². The smallest absolute Gasteiger partial charge is 0.191 e. The van der Waals surface area contributed by atoms with Gasteiger partial charge in [-0.1, -0.05) is 65.6 Å². The minimum Gasteiger partial charge on any atom is -0.399 e. The fourth-order valence-electron chi connectivity index (χ4n) is 3.11. The third-order valence-corrected chi connectivity index (χ3v) is 6.89. The zero-order chi connectivity index (χ0) is 23.3. The third kappa shape index (κ3) is 6.34. The molecule has 2 heterocycles. The van der Waals surface area contributed by atoms with Crippen LogP contribution in [0.3, 0.4) is 0 Å². The fourth-order valence-corrected chi connectivity index (χ4v) is 4.78. The molecule has 2 aromatic carbocycles. The van der Waals surface area contributed by atoms with Crippen LogP contribution in [0.2, 0.25) is 0 Å². The number of rotatable bonds is 10. The van der Waals surface area contributed by atoms with Crippen molar-refractivity contribution in [3.05, 3.63) is 65.7 Å². The van der Waals surface area contributed by atoms with Crippen molar-refractivity contribution in [1.82, 2.24) is 15.0 Å². The average Bonchev–Trinajstić information content (AvgIpc) is 3.23. The van der Waals surface area contributed by atoms with Crippen LogP contribution in [0.5, 0.6) is 0 Å². The van der Waals surface area contributed by atoms with Crippen molar-refractivity contribution >= 4 is 50.1 Å². The number of aliphatic hydroxyl groups excluding tert-OH is 1. The Balaban J connectivity index is 1.53. The van der Waals surface area contributed by atoms with Crippen LogP contribution in [0, 0.1) is 0 Å². The van der Waals surface area contributed by atoms with Crippen molar-refractivity contribution in [2.75, 3.05) is 29.5 Å². The van der Waals surface area contributed by atoms with E-state index < -0.39 is 5.54 Å². The molecule has 0 fully saturated rings. The molecule has 33 heavy (non-hydrogen) atoms. The normalized spacial score (nSPS) is 11.6. The number of hydrogen-bond acceptors (Lipinski definition) is 9. The number of nitrogens with one attached hydrogen (secondary N) is 2. The van der Waals surface area contributed by atoms with Crippen LogP contribution in [0.15, 0.2) is 59.8 Å². The Morgan fingerprint density at radius 3 is 2.48 bits per heavy atom. The van der Waals surface area contributed by atoms with Crippen molar-refractivity contribution in [1.29, 1.82) is 0 Å². The van der Waals surface area contributed by atoms with Crippen molar-refractivity contribution in [3.63, 3.8) is 0 Å². The maximum Gasteiger partial charge on any atom is 0.191 e. The van der Waals surface area contributed by atoms with Crippen LogP contribution in [0.4, 0.5) is 16.6 Å². The summed E-state index contributed by atoms with van der Waals surface area (Å²) in [5.74, 6) is 1.46. The number of anilines is 3. The topological polar surface area (TPSA) is 109 Å². The lowest BCUT2D eigenvalue weighted by Crippen LogP contribution is -2.35. The number of nitrogens with two attached hydrogens (primary N) is 1. The number of aromatic nitrogens is 3. The van der Waals surface area contributed by atoms with Gasteiger partial charge in [0.2, 0.25) is 0 Å². The van der Waals surface area contributed by atoms with Crippen molar-refractivity contribution in [2.45, 2.75) is 36.7 Å². The Kier molecular flexibility index (Phi) is 7.32. The van der Waals surface area contributed by atoms with Crippen LogP contribution >= 0.6 is 23.1 Å². The number of aliphatic hydroxyl groups is 1. The van der Waals surface area contributed by atoms with Gasteiger partial charge in [-0.25, -0.2) is 9.97 Å². The molecule has 0 atom stereocenters. The van der Waals surface area contributed by atoms with E-state index in [0.29, 0.717) is 16.6 Å². The van der Waals surface area contributed by atoms with Gasteiger partial charge in [-0.3, -0.25) is 0 Å². The molecule has 0 spiro atoms. The van der Waals surface area contributed by atoms with Gasteiger partial charge >= 0.3 is 0 Å². The van der Waals surface area contributed by atoms with E-state index in [9.17, 15) is 5.11 Å². The summed E-state index contributed by atoms with van der Waals surface area (Å²) >= 11 is 3.09. The first kappa shape index (κ1) is 23.3.